The monoisotopic (exact) mass is 282 g/mol. The number of rotatable bonds is 3. The van der Waals surface area contributed by atoms with E-state index in [1.54, 1.807) is 6.20 Å². The lowest BCUT2D eigenvalue weighted by Gasteiger charge is -2.10. The van der Waals surface area contributed by atoms with Gasteiger partial charge in [0, 0.05) is 18.3 Å². The molecule has 0 aliphatic carbocycles. The molecular weight excluding hydrogens is 269 g/mol. The van der Waals surface area contributed by atoms with E-state index in [4.69, 9.17) is 5.73 Å². The number of benzene rings is 1. The van der Waals surface area contributed by atoms with Crippen molar-refractivity contribution in [2.75, 3.05) is 11.1 Å². The number of anilines is 2. The molecule has 0 radical (unpaired) electrons. The van der Waals surface area contributed by atoms with E-state index < -0.39 is 11.7 Å². The molecule has 7 heteroatoms. The van der Waals surface area contributed by atoms with Crippen molar-refractivity contribution in [3.63, 3.8) is 0 Å². The van der Waals surface area contributed by atoms with Crippen molar-refractivity contribution >= 4 is 11.8 Å². The van der Waals surface area contributed by atoms with E-state index in [1.807, 2.05) is 6.92 Å². The summed E-state index contributed by atoms with van der Waals surface area (Å²) in [6, 6.07) is 4.96. The Labute approximate surface area is 113 Å². The Morgan fingerprint density at radius 1 is 1.20 bits per heavy atom. The number of hydrogen-bond acceptors (Lipinski definition) is 4. The van der Waals surface area contributed by atoms with Gasteiger partial charge in [0.15, 0.2) is 0 Å². The molecule has 0 atom stereocenters. The lowest BCUT2D eigenvalue weighted by atomic mass is 10.1. The maximum absolute atomic E-state index is 12.4. The van der Waals surface area contributed by atoms with Gasteiger partial charge in [-0.3, -0.25) is 0 Å². The zero-order valence-corrected chi connectivity index (χ0v) is 10.7. The van der Waals surface area contributed by atoms with E-state index >= 15 is 0 Å². The number of aromatic nitrogens is 2. The fourth-order valence-electron chi connectivity index (χ4n) is 1.63. The summed E-state index contributed by atoms with van der Waals surface area (Å²) in [6.45, 7) is 2.17. The van der Waals surface area contributed by atoms with Crippen LogP contribution in [0.1, 0.15) is 16.7 Å². The Kier molecular flexibility index (Phi) is 3.78. The Balaban J connectivity index is 2.06. The van der Waals surface area contributed by atoms with Gasteiger partial charge in [0.25, 0.3) is 0 Å². The summed E-state index contributed by atoms with van der Waals surface area (Å²) >= 11 is 0. The van der Waals surface area contributed by atoms with Crippen molar-refractivity contribution in [3.8, 4) is 0 Å². The summed E-state index contributed by atoms with van der Waals surface area (Å²) < 4.78 is 37.3. The van der Waals surface area contributed by atoms with Gasteiger partial charge in [-0.1, -0.05) is 12.1 Å². The highest BCUT2D eigenvalue weighted by Crippen LogP contribution is 2.29. The molecule has 3 N–H and O–H groups in total. The maximum atomic E-state index is 12.4. The molecule has 2 rings (SSSR count). The average molecular weight is 282 g/mol. The number of nitrogen functional groups attached to an aromatic ring is 1. The van der Waals surface area contributed by atoms with Crippen LogP contribution in [0.4, 0.5) is 24.9 Å². The normalized spacial score (nSPS) is 11.4. The molecule has 0 spiro atoms. The summed E-state index contributed by atoms with van der Waals surface area (Å²) in [5.74, 6) is 0.711. The van der Waals surface area contributed by atoms with Gasteiger partial charge in [-0.2, -0.15) is 18.2 Å². The molecule has 20 heavy (non-hydrogen) atoms. The smallest absolute Gasteiger partial charge is 0.368 e. The van der Waals surface area contributed by atoms with Crippen molar-refractivity contribution in [1.29, 1.82) is 0 Å². The van der Waals surface area contributed by atoms with Gasteiger partial charge in [-0.05, 0) is 24.6 Å². The molecule has 0 fully saturated rings. The molecule has 2 aromatic rings. The molecule has 106 valence electrons. The number of nitrogens with two attached hydrogens (primary N) is 1. The number of aryl methyl sites for hydroxylation is 1. The molecule has 1 heterocycles. The third-order valence-corrected chi connectivity index (χ3v) is 2.73. The van der Waals surface area contributed by atoms with Crippen molar-refractivity contribution in [2.24, 2.45) is 0 Å². The van der Waals surface area contributed by atoms with E-state index in [1.165, 1.54) is 12.1 Å². The van der Waals surface area contributed by atoms with Crippen LogP contribution in [0.25, 0.3) is 0 Å². The van der Waals surface area contributed by atoms with Crippen LogP contribution in [-0.4, -0.2) is 9.97 Å². The molecule has 0 saturated carbocycles. The van der Waals surface area contributed by atoms with Gasteiger partial charge in [-0.25, -0.2) is 4.98 Å². The number of hydrogen-bond donors (Lipinski definition) is 2. The van der Waals surface area contributed by atoms with Crippen LogP contribution >= 0.6 is 0 Å². The van der Waals surface area contributed by atoms with E-state index in [-0.39, 0.29) is 5.95 Å². The lowest BCUT2D eigenvalue weighted by Crippen LogP contribution is -2.07. The fraction of sp³-hybridized carbons (Fsp3) is 0.231. The first-order valence-electron chi connectivity index (χ1n) is 5.85. The SMILES string of the molecule is Cc1cnc(N)nc1NCc1ccc(C(F)(F)F)cc1. The highest BCUT2D eigenvalue weighted by molar-refractivity contribution is 5.45. The summed E-state index contributed by atoms with van der Waals surface area (Å²) in [5.41, 5.74) is 6.34. The second kappa shape index (κ2) is 5.36. The predicted molar refractivity (Wildman–Crippen MR) is 70.0 cm³/mol. The molecule has 0 aliphatic rings. The van der Waals surface area contributed by atoms with Gasteiger partial charge in [0.05, 0.1) is 5.56 Å². The number of nitrogens with zero attached hydrogens (tertiary/aromatic N) is 2. The molecule has 0 saturated heterocycles. The van der Waals surface area contributed by atoms with Crippen LogP contribution in [0, 0.1) is 6.92 Å². The standard InChI is InChI=1S/C13H13F3N4/c1-8-6-19-12(17)20-11(8)18-7-9-2-4-10(5-3-9)13(14,15)16/h2-6H,7H2,1H3,(H3,17,18,19,20). The quantitative estimate of drug-likeness (QED) is 0.908. The first-order valence-corrected chi connectivity index (χ1v) is 5.85. The molecule has 0 unspecified atom stereocenters. The highest BCUT2D eigenvalue weighted by Gasteiger charge is 2.29. The molecule has 0 aliphatic heterocycles. The molecule has 0 bridgehead atoms. The number of alkyl halides is 3. The third kappa shape index (κ3) is 3.37. The zero-order chi connectivity index (χ0) is 14.8. The van der Waals surface area contributed by atoms with Crippen molar-refractivity contribution in [3.05, 3.63) is 47.2 Å². The summed E-state index contributed by atoms with van der Waals surface area (Å²) in [5, 5.41) is 3.02. The van der Waals surface area contributed by atoms with Crippen LogP contribution in [-0.2, 0) is 12.7 Å². The minimum absolute atomic E-state index is 0.144. The lowest BCUT2D eigenvalue weighted by molar-refractivity contribution is -0.137. The highest BCUT2D eigenvalue weighted by atomic mass is 19.4. The van der Waals surface area contributed by atoms with Crippen molar-refractivity contribution < 1.29 is 13.2 Å². The first-order chi connectivity index (χ1) is 9.36. The predicted octanol–water partition coefficient (Wildman–Crippen LogP) is 3.00. The van der Waals surface area contributed by atoms with Gasteiger partial charge < -0.3 is 11.1 Å². The Morgan fingerprint density at radius 3 is 2.45 bits per heavy atom. The van der Waals surface area contributed by atoms with Gasteiger partial charge in [0.2, 0.25) is 5.95 Å². The molecule has 1 aromatic heterocycles. The summed E-state index contributed by atoms with van der Waals surface area (Å²) in [6.07, 6.45) is -2.74. The van der Waals surface area contributed by atoms with Crippen molar-refractivity contribution in [1.82, 2.24) is 9.97 Å². The Morgan fingerprint density at radius 2 is 1.85 bits per heavy atom. The van der Waals surface area contributed by atoms with E-state index in [2.05, 4.69) is 15.3 Å². The van der Waals surface area contributed by atoms with Crippen LogP contribution in [0.15, 0.2) is 30.5 Å². The third-order valence-electron chi connectivity index (χ3n) is 2.73. The molecular formula is C13H13F3N4. The summed E-state index contributed by atoms with van der Waals surface area (Å²) in [7, 11) is 0. The minimum atomic E-state index is -4.32. The molecule has 4 nitrogen and oxygen atoms in total. The Hall–Kier alpha value is -2.31. The van der Waals surface area contributed by atoms with Crippen LogP contribution in [0.3, 0.4) is 0 Å². The minimum Gasteiger partial charge on any atom is -0.368 e. The largest absolute Gasteiger partial charge is 0.416 e. The fourth-order valence-corrected chi connectivity index (χ4v) is 1.63. The molecule has 0 amide bonds. The topological polar surface area (TPSA) is 63.8 Å². The van der Waals surface area contributed by atoms with Crippen molar-refractivity contribution in [2.45, 2.75) is 19.6 Å². The van der Waals surface area contributed by atoms with Crippen LogP contribution in [0.2, 0.25) is 0 Å². The van der Waals surface area contributed by atoms with E-state index in [9.17, 15) is 13.2 Å². The van der Waals surface area contributed by atoms with Gasteiger partial charge in [-0.15, -0.1) is 0 Å². The average Bonchev–Trinajstić information content (AvgIpc) is 2.39. The van der Waals surface area contributed by atoms with Crippen LogP contribution in [0.5, 0.6) is 0 Å². The van der Waals surface area contributed by atoms with Gasteiger partial charge >= 0.3 is 6.18 Å². The van der Waals surface area contributed by atoms with Crippen LogP contribution < -0.4 is 11.1 Å². The second-order valence-electron chi connectivity index (χ2n) is 4.31. The number of halogens is 3. The zero-order valence-electron chi connectivity index (χ0n) is 10.7. The number of nitrogens with one attached hydrogen (secondary N) is 1. The maximum Gasteiger partial charge on any atom is 0.416 e. The Bertz CT molecular complexity index is 594. The first kappa shape index (κ1) is 14.1. The molecule has 1 aromatic carbocycles. The van der Waals surface area contributed by atoms with E-state index in [0.29, 0.717) is 12.4 Å². The second-order valence-corrected chi connectivity index (χ2v) is 4.31. The van der Waals surface area contributed by atoms with Gasteiger partial charge in [0.1, 0.15) is 5.82 Å². The van der Waals surface area contributed by atoms with E-state index in [0.717, 1.165) is 23.3 Å². The summed E-state index contributed by atoms with van der Waals surface area (Å²) in [4.78, 5) is 7.85.